The Kier molecular flexibility index (Phi) is 5.84. The van der Waals surface area contributed by atoms with Gasteiger partial charge in [0.05, 0.1) is 17.9 Å². The first-order chi connectivity index (χ1) is 10.9. The van der Waals surface area contributed by atoms with Crippen LogP contribution in [0.4, 0.5) is 4.39 Å². The van der Waals surface area contributed by atoms with Crippen LogP contribution in [0.3, 0.4) is 0 Å². The molecule has 0 spiro atoms. The third-order valence-electron chi connectivity index (χ3n) is 3.75. The van der Waals surface area contributed by atoms with E-state index < -0.39 is 15.9 Å². The molecule has 0 saturated carbocycles. The van der Waals surface area contributed by atoms with Gasteiger partial charge in [-0.15, -0.1) is 0 Å². The lowest BCUT2D eigenvalue weighted by Gasteiger charge is -2.30. The van der Waals surface area contributed by atoms with Gasteiger partial charge in [0.15, 0.2) is 0 Å². The molecule has 0 bridgehead atoms. The maximum atomic E-state index is 13.0. The number of rotatable bonds is 5. The van der Waals surface area contributed by atoms with Gasteiger partial charge in [0.1, 0.15) is 5.82 Å². The van der Waals surface area contributed by atoms with Gasteiger partial charge in [0.25, 0.3) is 0 Å². The summed E-state index contributed by atoms with van der Waals surface area (Å²) in [6, 6.07) is 5.83. The summed E-state index contributed by atoms with van der Waals surface area (Å²) >= 11 is 0. The van der Waals surface area contributed by atoms with Crippen LogP contribution in [0.2, 0.25) is 0 Å². The van der Waals surface area contributed by atoms with E-state index in [0.717, 1.165) is 0 Å². The number of carbonyl (C=O) groups is 1. The highest BCUT2D eigenvalue weighted by molar-refractivity contribution is 7.89. The van der Waals surface area contributed by atoms with Gasteiger partial charge in [-0.05, 0) is 37.5 Å². The minimum absolute atomic E-state index is 0.0268. The third kappa shape index (κ3) is 4.84. The fraction of sp³-hybridized carbons (Fsp3) is 0.467. The van der Waals surface area contributed by atoms with Crippen molar-refractivity contribution >= 4 is 22.1 Å². The third-order valence-corrected chi connectivity index (χ3v) is 5.60. The van der Waals surface area contributed by atoms with E-state index in [0.29, 0.717) is 24.9 Å². The first-order valence-corrected chi connectivity index (χ1v) is 9.09. The van der Waals surface area contributed by atoms with E-state index >= 15 is 0 Å². The summed E-state index contributed by atoms with van der Waals surface area (Å²) in [6.45, 7) is 2.21. The van der Waals surface area contributed by atoms with Gasteiger partial charge in [-0.2, -0.15) is 5.10 Å². The van der Waals surface area contributed by atoms with E-state index in [9.17, 15) is 17.6 Å². The van der Waals surface area contributed by atoms with Crippen LogP contribution in [0.1, 0.15) is 25.3 Å². The highest BCUT2D eigenvalue weighted by Gasteiger charge is 2.31. The fourth-order valence-corrected chi connectivity index (χ4v) is 3.62. The second kappa shape index (κ2) is 7.65. The zero-order valence-corrected chi connectivity index (χ0v) is 13.7. The molecule has 1 saturated heterocycles. The summed E-state index contributed by atoms with van der Waals surface area (Å²) < 4.78 is 38.1. The Morgan fingerprint density at radius 2 is 2.30 bits per heavy atom. The second-order valence-electron chi connectivity index (χ2n) is 5.39. The molecule has 126 valence electrons. The molecule has 6 nitrogen and oxygen atoms in total. The Morgan fingerprint density at radius 3 is 3.00 bits per heavy atom. The highest BCUT2D eigenvalue weighted by Crippen LogP contribution is 2.19. The molecule has 1 atom stereocenters. The smallest absolute Gasteiger partial charge is 0.244 e. The Hall–Kier alpha value is -1.80. The van der Waals surface area contributed by atoms with Crippen LogP contribution in [0.25, 0.3) is 0 Å². The van der Waals surface area contributed by atoms with E-state index in [-0.39, 0.29) is 24.0 Å². The number of hydrogen-bond donors (Lipinski definition) is 1. The largest absolute Gasteiger partial charge is 0.273 e. The molecule has 0 aliphatic carbocycles. The predicted octanol–water partition coefficient (Wildman–Crippen LogP) is 1.34. The topological polar surface area (TPSA) is 78.8 Å². The van der Waals surface area contributed by atoms with Crippen molar-refractivity contribution in [2.24, 2.45) is 11.0 Å². The minimum atomic E-state index is -3.28. The molecule has 1 aromatic rings. The molecule has 1 N–H and O–H groups in total. The Labute approximate surface area is 135 Å². The predicted molar refractivity (Wildman–Crippen MR) is 85.9 cm³/mol. The lowest BCUT2D eigenvalue weighted by Crippen LogP contribution is -2.45. The minimum Gasteiger partial charge on any atom is -0.273 e. The number of halogens is 1. The average Bonchev–Trinajstić information content (AvgIpc) is 2.55. The fourth-order valence-electron chi connectivity index (χ4n) is 2.44. The summed E-state index contributed by atoms with van der Waals surface area (Å²) in [5.74, 6) is -1.10. The number of piperidine rings is 1. The normalized spacial score (nSPS) is 19.8. The summed E-state index contributed by atoms with van der Waals surface area (Å²) in [6.07, 6.45) is 2.62. The van der Waals surface area contributed by atoms with Crippen molar-refractivity contribution in [2.45, 2.75) is 19.8 Å². The van der Waals surface area contributed by atoms with Gasteiger partial charge < -0.3 is 0 Å². The lowest BCUT2D eigenvalue weighted by atomic mass is 9.99. The molecule has 1 aromatic carbocycles. The number of carbonyl (C=O) groups excluding carboxylic acids is 1. The maximum Gasteiger partial charge on any atom is 0.244 e. The van der Waals surface area contributed by atoms with E-state index in [1.165, 1.54) is 22.7 Å². The molecule has 0 radical (unpaired) electrons. The van der Waals surface area contributed by atoms with Crippen molar-refractivity contribution < 1.29 is 17.6 Å². The van der Waals surface area contributed by atoms with Crippen molar-refractivity contribution in [1.82, 2.24) is 9.73 Å². The zero-order valence-electron chi connectivity index (χ0n) is 12.9. The lowest BCUT2D eigenvalue weighted by molar-refractivity contribution is -0.126. The van der Waals surface area contributed by atoms with E-state index in [1.807, 2.05) is 0 Å². The van der Waals surface area contributed by atoms with Crippen LogP contribution in [-0.4, -0.2) is 43.7 Å². The Bertz CT molecular complexity index is 691. The molecule has 2 rings (SSSR count). The van der Waals surface area contributed by atoms with Crippen LogP contribution in [-0.2, 0) is 14.8 Å². The summed E-state index contributed by atoms with van der Waals surface area (Å²) in [4.78, 5) is 12.1. The summed E-state index contributed by atoms with van der Waals surface area (Å²) in [7, 11) is -3.28. The number of hydrazone groups is 1. The van der Waals surface area contributed by atoms with Crippen LogP contribution in [0.5, 0.6) is 0 Å². The quantitative estimate of drug-likeness (QED) is 0.648. The number of sulfonamides is 1. The van der Waals surface area contributed by atoms with Gasteiger partial charge >= 0.3 is 0 Å². The highest BCUT2D eigenvalue weighted by atomic mass is 32.2. The van der Waals surface area contributed by atoms with E-state index in [4.69, 9.17) is 0 Å². The zero-order chi connectivity index (χ0) is 16.9. The molecule has 1 amide bonds. The first kappa shape index (κ1) is 17.6. The molecule has 0 unspecified atom stereocenters. The monoisotopic (exact) mass is 341 g/mol. The second-order valence-corrected chi connectivity index (χ2v) is 7.64. The van der Waals surface area contributed by atoms with Crippen LogP contribution >= 0.6 is 0 Å². The maximum absolute atomic E-state index is 13.0. The standard InChI is InChI=1S/C15H20FN3O3S/c1-2-23(21,22)19-8-4-6-13(11-19)15(20)18-17-10-12-5-3-7-14(16)9-12/h3,5,7,9-10,13H,2,4,6,8,11H2,1H3,(H,18,20)/b17-10-/t13-/m1/s1. The van der Waals surface area contributed by atoms with E-state index in [2.05, 4.69) is 10.5 Å². The molecule has 8 heteroatoms. The van der Waals surface area contributed by atoms with Crippen LogP contribution in [0.15, 0.2) is 29.4 Å². The number of nitrogens with zero attached hydrogens (tertiary/aromatic N) is 2. The van der Waals surface area contributed by atoms with Gasteiger partial charge in [0.2, 0.25) is 15.9 Å². The van der Waals surface area contributed by atoms with Gasteiger partial charge in [-0.3, -0.25) is 4.79 Å². The number of nitrogens with one attached hydrogen (secondary N) is 1. The molecule has 23 heavy (non-hydrogen) atoms. The van der Waals surface area contributed by atoms with Crippen molar-refractivity contribution in [3.05, 3.63) is 35.6 Å². The average molecular weight is 341 g/mol. The molecule has 0 aromatic heterocycles. The Morgan fingerprint density at radius 1 is 1.52 bits per heavy atom. The Balaban J connectivity index is 1.93. The number of amides is 1. The van der Waals surface area contributed by atoms with Gasteiger partial charge in [-0.25, -0.2) is 22.5 Å². The van der Waals surface area contributed by atoms with Crippen molar-refractivity contribution in [1.29, 1.82) is 0 Å². The molecule has 1 aliphatic rings. The molecular formula is C15H20FN3O3S. The summed E-state index contributed by atoms with van der Waals surface area (Å²) in [5, 5.41) is 3.81. The van der Waals surface area contributed by atoms with Gasteiger partial charge in [-0.1, -0.05) is 12.1 Å². The number of benzene rings is 1. The molecular weight excluding hydrogens is 321 g/mol. The number of hydrogen-bond acceptors (Lipinski definition) is 4. The molecule has 1 heterocycles. The van der Waals surface area contributed by atoms with E-state index in [1.54, 1.807) is 19.1 Å². The van der Waals surface area contributed by atoms with Crippen LogP contribution < -0.4 is 5.43 Å². The SMILES string of the molecule is CCS(=O)(=O)N1CCC[C@@H](C(=O)N/N=C\c2cccc(F)c2)C1. The molecule has 1 aliphatic heterocycles. The van der Waals surface area contributed by atoms with Gasteiger partial charge in [0, 0.05) is 13.1 Å². The van der Waals surface area contributed by atoms with Crippen LogP contribution in [0, 0.1) is 11.7 Å². The first-order valence-electron chi connectivity index (χ1n) is 7.48. The van der Waals surface area contributed by atoms with Crippen molar-refractivity contribution in [3.63, 3.8) is 0 Å². The van der Waals surface area contributed by atoms with Crippen molar-refractivity contribution in [3.8, 4) is 0 Å². The molecule has 1 fully saturated rings. The van der Waals surface area contributed by atoms with Crippen molar-refractivity contribution in [2.75, 3.05) is 18.8 Å². The summed E-state index contributed by atoms with van der Waals surface area (Å²) in [5.41, 5.74) is 2.93.